The lowest BCUT2D eigenvalue weighted by Gasteiger charge is -2.10. The lowest BCUT2D eigenvalue weighted by molar-refractivity contribution is -0.384. The number of rotatable bonds is 9. The first-order valence-corrected chi connectivity index (χ1v) is 10.1. The van der Waals surface area contributed by atoms with E-state index in [-0.39, 0.29) is 11.6 Å². The number of hydrogen-bond acceptors (Lipinski definition) is 9. The quantitative estimate of drug-likeness (QED) is 0.196. The Labute approximate surface area is 189 Å². The van der Waals surface area contributed by atoms with Crippen molar-refractivity contribution in [2.75, 3.05) is 16.1 Å². The Morgan fingerprint density at radius 3 is 2.30 bits per heavy atom. The van der Waals surface area contributed by atoms with Crippen molar-refractivity contribution in [3.05, 3.63) is 106 Å². The van der Waals surface area contributed by atoms with E-state index in [1.807, 2.05) is 60.7 Å². The molecule has 10 heteroatoms. The number of hydrogen-bond donors (Lipinski definition) is 3. The largest absolute Gasteiger partial charge is 0.350 e. The van der Waals surface area contributed by atoms with Crippen LogP contribution in [0, 0.1) is 10.1 Å². The molecule has 3 aromatic carbocycles. The summed E-state index contributed by atoms with van der Waals surface area (Å²) in [4.78, 5) is 23.6. The highest BCUT2D eigenvalue weighted by atomic mass is 16.6. The zero-order valence-electron chi connectivity index (χ0n) is 17.4. The van der Waals surface area contributed by atoms with Crippen LogP contribution in [0.4, 0.5) is 29.2 Å². The van der Waals surface area contributed by atoms with E-state index in [0.717, 1.165) is 11.3 Å². The lowest BCUT2D eigenvalue weighted by Crippen LogP contribution is -2.09. The molecule has 1 aromatic heterocycles. The molecule has 0 amide bonds. The molecule has 0 spiro atoms. The monoisotopic (exact) mass is 440 g/mol. The van der Waals surface area contributed by atoms with Crippen molar-refractivity contribution in [1.82, 2.24) is 15.0 Å². The van der Waals surface area contributed by atoms with Crippen molar-refractivity contribution >= 4 is 35.4 Å². The molecule has 0 aliphatic rings. The molecule has 0 aliphatic carbocycles. The van der Waals surface area contributed by atoms with Gasteiger partial charge in [0.05, 0.1) is 11.1 Å². The highest BCUT2D eigenvalue weighted by molar-refractivity contribution is 5.81. The van der Waals surface area contributed by atoms with E-state index in [9.17, 15) is 10.1 Å². The lowest BCUT2D eigenvalue weighted by atomic mass is 10.2. The summed E-state index contributed by atoms with van der Waals surface area (Å²) in [6, 6.07) is 25.5. The predicted molar refractivity (Wildman–Crippen MR) is 128 cm³/mol. The van der Waals surface area contributed by atoms with Crippen LogP contribution in [0.5, 0.6) is 0 Å². The standard InChI is InChI=1S/C23H20N8O2/c32-31(33)20-13-7-10-18(14-20)16-25-30-23-28-21(24-15-17-8-3-1-4-9-17)27-22(29-23)26-19-11-5-2-6-12-19/h1-14,16H,15H2,(H3,24,26,27,28,29,30)/b25-16-. The van der Waals surface area contributed by atoms with Crippen LogP contribution >= 0.6 is 0 Å². The van der Waals surface area contributed by atoms with Crippen molar-refractivity contribution in [3.63, 3.8) is 0 Å². The average Bonchev–Trinajstić information content (AvgIpc) is 2.84. The number of aromatic nitrogens is 3. The number of benzene rings is 3. The fourth-order valence-corrected chi connectivity index (χ4v) is 2.87. The molecular weight excluding hydrogens is 420 g/mol. The van der Waals surface area contributed by atoms with E-state index in [2.05, 4.69) is 36.1 Å². The molecule has 1 heterocycles. The molecule has 0 bridgehead atoms. The van der Waals surface area contributed by atoms with Crippen LogP contribution in [0.2, 0.25) is 0 Å². The Hall–Kier alpha value is -4.86. The SMILES string of the molecule is O=[N+]([O-])c1cccc(/C=N\Nc2nc(NCc3ccccc3)nc(Nc3ccccc3)n2)c1. The van der Waals surface area contributed by atoms with Crippen molar-refractivity contribution in [1.29, 1.82) is 0 Å². The van der Waals surface area contributed by atoms with Crippen molar-refractivity contribution < 1.29 is 4.92 Å². The van der Waals surface area contributed by atoms with Crippen LogP contribution < -0.4 is 16.1 Å². The van der Waals surface area contributed by atoms with Crippen molar-refractivity contribution in [2.45, 2.75) is 6.54 Å². The number of nitrogens with one attached hydrogen (secondary N) is 3. The van der Waals surface area contributed by atoms with Gasteiger partial charge in [0, 0.05) is 29.9 Å². The Balaban J connectivity index is 1.52. The maximum Gasteiger partial charge on any atom is 0.270 e. The van der Waals surface area contributed by atoms with Gasteiger partial charge in [-0.1, -0.05) is 60.7 Å². The number of nitro benzene ring substituents is 1. The Bertz CT molecular complexity index is 1250. The zero-order valence-corrected chi connectivity index (χ0v) is 17.4. The summed E-state index contributed by atoms with van der Waals surface area (Å²) in [5, 5.41) is 21.4. The molecular formula is C23H20N8O2. The van der Waals surface area contributed by atoms with E-state index < -0.39 is 4.92 Å². The third-order valence-corrected chi connectivity index (χ3v) is 4.42. The molecule has 0 unspecified atom stereocenters. The highest BCUT2D eigenvalue weighted by Crippen LogP contribution is 2.16. The number of para-hydroxylation sites is 1. The Morgan fingerprint density at radius 1 is 0.848 bits per heavy atom. The second-order valence-corrected chi connectivity index (χ2v) is 6.86. The molecule has 164 valence electrons. The van der Waals surface area contributed by atoms with Gasteiger partial charge in [-0.3, -0.25) is 10.1 Å². The van der Waals surface area contributed by atoms with Gasteiger partial charge in [-0.05, 0) is 17.7 Å². The van der Waals surface area contributed by atoms with Crippen LogP contribution in [0.1, 0.15) is 11.1 Å². The molecule has 0 aliphatic heterocycles. The van der Waals surface area contributed by atoms with Gasteiger partial charge in [0.15, 0.2) is 0 Å². The fraction of sp³-hybridized carbons (Fsp3) is 0.0435. The molecule has 0 fully saturated rings. The average molecular weight is 440 g/mol. The number of nitrogens with zero attached hydrogens (tertiary/aromatic N) is 5. The zero-order chi connectivity index (χ0) is 22.9. The third kappa shape index (κ3) is 6.31. The molecule has 0 atom stereocenters. The summed E-state index contributed by atoms with van der Waals surface area (Å²) < 4.78 is 0. The molecule has 0 saturated heterocycles. The molecule has 4 aromatic rings. The van der Waals surface area contributed by atoms with Gasteiger partial charge in [-0.25, -0.2) is 5.43 Å². The van der Waals surface area contributed by atoms with Crippen LogP contribution in [-0.4, -0.2) is 26.1 Å². The molecule has 0 saturated carbocycles. The van der Waals surface area contributed by atoms with Gasteiger partial charge >= 0.3 is 0 Å². The van der Waals surface area contributed by atoms with Gasteiger partial charge in [0.2, 0.25) is 17.8 Å². The summed E-state index contributed by atoms with van der Waals surface area (Å²) in [7, 11) is 0. The van der Waals surface area contributed by atoms with Crippen molar-refractivity contribution in [2.24, 2.45) is 5.10 Å². The minimum atomic E-state index is -0.455. The predicted octanol–water partition coefficient (Wildman–Crippen LogP) is 4.58. The minimum absolute atomic E-state index is 0.0131. The van der Waals surface area contributed by atoms with E-state index >= 15 is 0 Å². The summed E-state index contributed by atoms with van der Waals surface area (Å²) >= 11 is 0. The second kappa shape index (κ2) is 10.4. The normalized spacial score (nSPS) is 10.7. The minimum Gasteiger partial charge on any atom is -0.350 e. The van der Waals surface area contributed by atoms with Crippen LogP contribution in [0.3, 0.4) is 0 Å². The van der Waals surface area contributed by atoms with E-state index in [1.165, 1.54) is 18.3 Å². The second-order valence-electron chi connectivity index (χ2n) is 6.86. The van der Waals surface area contributed by atoms with Gasteiger partial charge in [-0.2, -0.15) is 20.1 Å². The summed E-state index contributed by atoms with van der Waals surface area (Å²) in [5.41, 5.74) is 5.22. The van der Waals surface area contributed by atoms with Crippen LogP contribution in [-0.2, 0) is 6.54 Å². The van der Waals surface area contributed by atoms with E-state index in [0.29, 0.717) is 24.0 Å². The molecule has 3 N–H and O–H groups in total. The topological polar surface area (TPSA) is 130 Å². The van der Waals surface area contributed by atoms with Crippen molar-refractivity contribution in [3.8, 4) is 0 Å². The molecule has 33 heavy (non-hydrogen) atoms. The van der Waals surface area contributed by atoms with E-state index in [1.54, 1.807) is 12.1 Å². The number of anilines is 4. The van der Waals surface area contributed by atoms with Gasteiger partial charge < -0.3 is 10.6 Å². The number of non-ortho nitro benzene ring substituents is 1. The fourth-order valence-electron chi connectivity index (χ4n) is 2.87. The first-order valence-electron chi connectivity index (χ1n) is 10.1. The third-order valence-electron chi connectivity index (χ3n) is 4.42. The highest BCUT2D eigenvalue weighted by Gasteiger charge is 2.08. The maximum atomic E-state index is 10.9. The summed E-state index contributed by atoms with van der Waals surface area (Å²) in [5.74, 6) is 0.904. The molecule has 4 rings (SSSR count). The summed E-state index contributed by atoms with van der Waals surface area (Å²) in [6.45, 7) is 0.534. The molecule has 0 radical (unpaired) electrons. The number of nitro groups is 1. The Morgan fingerprint density at radius 2 is 1.55 bits per heavy atom. The number of hydrazone groups is 1. The summed E-state index contributed by atoms with van der Waals surface area (Å²) in [6.07, 6.45) is 1.46. The van der Waals surface area contributed by atoms with Crippen LogP contribution in [0.25, 0.3) is 0 Å². The first-order chi connectivity index (χ1) is 16.2. The maximum absolute atomic E-state index is 10.9. The van der Waals surface area contributed by atoms with Gasteiger partial charge in [0.1, 0.15) is 0 Å². The Kier molecular flexibility index (Phi) is 6.76. The van der Waals surface area contributed by atoms with Gasteiger partial charge in [0.25, 0.3) is 5.69 Å². The van der Waals surface area contributed by atoms with Crippen LogP contribution in [0.15, 0.2) is 90.0 Å². The van der Waals surface area contributed by atoms with E-state index in [4.69, 9.17) is 0 Å². The molecule has 10 nitrogen and oxygen atoms in total. The van der Waals surface area contributed by atoms with Gasteiger partial charge in [-0.15, -0.1) is 0 Å². The smallest absolute Gasteiger partial charge is 0.270 e. The first kappa shape index (κ1) is 21.4.